The van der Waals surface area contributed by atoms with E-state index in [0.717, 1.165) is 25.9 Å². The van der Waals surface area contributed by atoms with Crippen molar-refractivity contribution in [2.24, 2.45) is 0 Å². The fourth-order valence-corrected chi connectivity index (χ4v) is 2.95. The van der Waals surface area contributed by atoms with Gasteiger partial charge in [-0.15, -0.1) is 0 Å². The quantitative estimate of drug-likeness (QED) is 0.837. The number of nitrogens with one attached hydrogen (secondary N) is 1. The van der Waals surface area contributed by atoms with E-state index in [2.05, 4.69) is 5.32 Å². The lowest BCUT2D eigenvalue weighted by atomic mass is 10.0. The lowest BCUT2D eigenvalue weighted by molar-refractivity contribution is -0.123. The highest BCUT2D eigenvalue weighted by Gasteiger charge is 2.23. The number of aliphatic hydroxyl groups excluding tert-OH is 1. The average Bonchev–Trinajstić information content (AvgIpc) is 3.22. The van der Waals surface area contributed by atoms with E-state index in [1.165, 1.54) is 0 Å². The highest BCUT2D eigenvalue weighted by atomic mass is 16.7. The Hall–Kier alpha value is -1.79. The van der Waals surface area contributed by atoms with Crippen molar-refractivity contribution in [3.05, 3.63) is 23.8 Å². The first-order valence-electron chi connectivity index (χ1n) is 8.12. The minimum atomic E-state index is -0.795. The second kappa shape index (κ2) is 7.19. The van der Waals surface area contributed by atoms with Crippen LogP contribution in [0.25, 0.3) is 0 Å². The maximum Gasteiger partial charge on any atom is 0.231 e. The van der Waals surface area contributed by atoms with Gasteiger partial charge in [-0.05, 0) is 43.9 Å². The van der Waals surface area contributed by atoms with Crippen LogP contribution in [0, 0.1) is 0 Å². The number of benzene rings is 1. The van der Waals surface area contributed by atoms with Crippen LogP contribution in [0.3, 0.4) is 0 Å². The van der Waals surface area contributed by atoms with Crippen molar-refractivity contribution in [1.29, 1.82) is 0 Å². The van der Waals surface area contributed by atoms with Crippen LogP contribution in [-0.2, 0) is 9.53 Å². The monoisotopic (exact) mass is 321 g/mol. The lowest BCUT2D eigenvalue weighted by Gasteiger charge is -2.21. The summed E-state index contributed by atoms with van der Waals surface area (Å²) in [5.41, 5.74) is 0.696. The number of fused-ring (bicyclic) bond motifs is 1. The first-order valence-corrected chi connectivity index (χ1v) is 8.12. The third-order valence-electron chi connectivity index (χ3n) is 4.32. The number of carbonyl (C=O) groups is 1. The standard InChI is InChI=1S/C17H23NO5/c1-11(18-16(19)7-5-13-3-2-8-21-13)17(20)12-4-6-14-15(9-12)23-10-22-14/h4,6,9,11,13,17,20H,2-3,5,7-8,10H2,1H3,(H,18,19)/t11-,13-,17-/m0/s1. The number of hydrogen-bond donors (Lipinski definition) is 2. The molecule has 1 amide bonds. The van der Waals surface area contributed by atoms with E-state index in [1.54, 1.807) is 25.1 Å². The number of hydrogen-bond acceptors (Lipinski definition) is 5. The van der Waals surface area contributed by atoms with E-state index < -0.39 is 6.10 Å². The third kappa shape index (κ3) is 3.95. The van der Waals surface area contributed by atoms with Crippen LogP contribution in [-0.4, -0.2) is 36.6 Å². The molecule has 126 valence electrons. The second-order valence-corrected chi connectivity index (χ2v) is 6.09. The Bertz CT molecular complexity index is 556. The van der Waals surface area contributed by atoms with Crippen LogP contribution in [0.1, 0.15) is 44.3 Å². The maximum atomic E-state index is 12.0. The van der Waals surface area contributed by atoms with E-state index in [9.17, 15) is 9.90 Å². The van der Waals surface area contributed by atoms with Crippen LogP contribution in [0.4, 0.5) is 0 Å². The summed E-state index contributed by atoms with van der Waals surface area (Å²) in [6.07, 6.45) is 2.67. The molecule has 0 unspecified atom stereocenters. The molecule has 1 aromatic rings. The Balaban J connectivity index is 1.50. The van der Waals surface area contributed by atoms with Crippen molar-refractivity contribution < 1.29 is 24.1 Å². The van der Waals surface area contributed by atoms with Crippen molar-refractivity contribution in [2.75, 3.05) is 13.4 Å². The largest absolute Gasteiger partial charge is 0.454 e. The molecule has 0 aromatic heterocycles. The van der Waals surface area contributed by atoms with Gasteiger partial charge in [-0.1, -0.05) is 6.07 Å². The number of ether oxygens (including phenoxy) is 3. The summed E-state index contributed by atoms with van der Waals surface area (Å²) < 4.78 is 16.1. The van der Waals surface area contributed by atoms with Gasteiger partial charge in [-0.25, -0.2) is 0 Å². The predicted molar refractivity (Wildman–Crippen MR) is 83.3 cm³/mol. The molecule has 6 nitrogen and oxygen atoms in total. The van der Waals surface area contributed by atoms with Crippen molar-refractivity contribution in [1.82, 2.24) is 5.32 Å². The average molecular weight is 321 g/mol. The number of carbonyl (C=O) groups excluding carboxylic acids is 1. The SMILES string of the molecule is C[C@H](NC(=O)CC[C@@H]1CCCO1)[C@H](O)c1ccc2c(c1)OCO2. The lowest BCUT2D eigenvalue weighted by Crippen LogP contribution is -2.37. The van der Waals surface area contributed by atoms with E-state index in [-0.39, 0.29) is 24.8 Å². The molecule has 6 heteroatoms. The Morgan fingerprint density at radius 3 is 3.00 bits per heavy atom. The van der Waals surface area contributed by atoms with E-state index in [1.807, 2.05) is 0 Å². The van der Waals surface area contributed by atoms with Gasteiger partial charge in [-0.2, -0.15) is 0 Å². The van der Waals surface area contributed by atoms with Crippen molar-refractivity contribution >= 4 is 5.91 Å². The zero-order valence-electron chi connectivity index (χ0n) is 13.3. The molecule has 0 spiro atoms. The van der Waals surface area contributed by atoms with Gasteiger partial charge in [0, 0.05) is 13.0 Å². The zero-order chi connectivity index (χ0) is 16.2. The van der Waals surface area contributed by atoms with Gasteiger partial charge in [0.2, 0.25) is 12.7 Å². The maximum absolute atomic E-state index is 12.0. The molecule has 2 aliphatic heterocycles. The van der Waals surface area contributed by atoms with Gasteiger partial charge in [0.15, 0.2) is 11.5 Å². The van der Waals surface area contributed by atoms with E-state index in [0.29, 0.717) is 23.5 Å². The summed E-state index contributed by atoms with van der Waals surface area (Å²) in [7, 11) is 0. The van der Waals surface area contributed by atoms with Gasteiger partial charge >= 0.3 is 0 Å². The van der Waals surface area contributed by atoms with Crippen LogP contribution in [0.15, 0.2) is 18.2 Å². The number of aliphatic hydroxyl groups is 1. The Morgan fingerprint density at radius 1 is 1.39 bits per heavy atom. The van der Waals surface area contributed by atoms with Crippen LogP contribution < -0.4 is 14.8 Å². The molecule has 2 heterocycles. The summed E-state index contributed by atoms with van der Waals surface area (Å²) >= 11 is 0. The fourth-order valence-electron chi connectivity index (χ4n) is 2.95. The molecular weight excluding hydrogens is 298 g/mol. The van der Waals surface area contributed by atoms with Crippen molar-refractivity contribution in [3.8, 4) is 11.5 Å². The van der Waals surface area contributed by atoms with E-state index >= 15 is 0 Å². The second-order valence-electron chi connectivity index (χ2n) is 6.09. The van der Waals surface area contributed by atoms with Crippen LogP contribution in [0.5, 0.6) is 11.5 Å². The summed E-state index contributed by atoms with van der Waals surface area (Å²) in [6.45, 7) is 2.79. The highest BCUT2D eigenvalue weighted by Crippen LogP contribution is 2.34. The number of rotatable bonds is 6. The topological polar surface area (TPSA) is 77.0 Å². The predicted octanol–water partition coefficient (Wildman–Crippen LogP) is 1.91. The normalized spacial score (nSPS) is 21.9. The molecule has 2 aliphatic rings. The Labute approximate surface area is 135 Å². The zero-order valence-corrected chi connectivity index (χ0v) is 13.3. The first-order chi connectivity index (χ1) is 11.1. The smallest absolute Gasteiger partial charge is 0.231 e. The van der Waals surface area contributed by atoms with Gasteiger partial charge in [0.25, 0.3) is 0 Å². The minimum Gasteiger partial charge on any atom is -0.454 e. The minimum absolute atomic E-state index is 0.0622. The van der Waals surface area contributed by atoms with E-state index in [4.69, 9.17) is 14.2 Å². The molecule has 3 rings (SSSR count). The third-order valence-corrected chi connectivity index (χ3v) is 4.32. The van der Waals surface area contributed by atoms with Crippen molar-refractivity contribution in [3.63, 3.8) is 0 Å². The van der Waals surface area contributed by atoms with Crippen LogP contribution in [0.2, 0.25) is 0 Å². The summed E-state index contributed by atoms with van der Waals surface area (Å²) in [5.74, 6) is 1.24. The summed E-state index contributed by atoms with van der Waals surface area (Å²) in [4.78, 5) is 12.0. The van der Waals surface area contributed by atoms with Gasteiger partial charge in [0.05, 0.1) is 18.2 Å². The molecular formula is C17H23NO5. The summed E-state index contributed by atoms with van der Waals surface area (Å²) in [6, 6.07) is 4.93. The van der Waals surface area contributed by atoms with Gasteiger partial charge < -0.3 is 24.6 Å². The molecule has 3 atom stereocenters. The molecule has 0 bridgehead atoms. The molecule has 1 aromatic carbocycles. The molecule has 0 saturated carbocycles. The van der Waals surface area contributed by atoms with Gasteiger partial charge in [-0.3, -0.25) is 4.79 Å². The Kier molecular flexibility index (Phi) is 5.03. The number of amides is 1. The molecule has 0 aliphatic carbocycles. The van der Waals surface area contributed by atoms with Gasteiger partial charge in [0.1, 0.15) is 0 Å². The van der Waals surface area contributed by atoms with Crippen LogP contribution >= 0.6 is 0 Å². The highest BCUT2D eigenvalue weighted by molar-refractivity contribution is 5.76. The fraction of sp³-hybridized carbons (Fsp3) is 0.588. The summed E-state index contributed by atoms with van der Waals surface area (Å²) in [5, 5.41) is 13.3. The molecule has 2 N–H and O–H groups in total. The molecule has 0 radical (unpaired) electrons. The molecule has 1 saturated heterocycles. The van der Waals surface area contributed by atoms with Crippen molar-refractivity contribution in [2.45, 2.75) is 50.9 Å². The molecule has 1 fully saturated rings. The molecule has 23 heavy (non-hydrogen) atoms. The Morgan fingerprint density at radius 2 is 2.22 bits per heavy atom. The first kappa shape index (κ1) is 16.1.